The second kappa shape index (κ2) is 5.42. The zero-order valence-electron chi connectivity index (χ0n) is 11.3. The Labute approximate surface area is 121 Å². The second-order valence-electron chi connectivity index (χ2n) is 4.64. The van der Waals surface area contributed by atoms with E-state index >= 15 is 0 Å². The van der Waals surface area contributed by atoms with Gasteiger partial charge >= 0.3 is 0 Å². The molecular formula is C14H15N5S. The molecule has 0 saturated heterocycles. The molecule has 0 radical (unpaired) electrons. The molecule has 0 fully saturated rings. The Morgan fingerprint density at radius 1 is 1.20 bits per heavy atom. The first-order valence-corrected chi connectivity index (χ1v) is 7.26. The van der Waals surface area contributed by atoms with Gasteiger partial charge in [0, 0.05) is 10.6 Å². The van der Waals surface area contributed by atoms with Gasteiger partial charge in [0.1, 0.15) is 6.33 Å². The van der Waals surface area contributed by atoms with Gasteiger partial charge in [0.25, 0.3) is 0 Å². The van der Waals surface area contributed by atoms with Crippen LogP contribution in [0, 0.1) is 6.92 Å². The zero-order chi connectivity index (χ0) is 13.9. The van der Waals surface area contributed by atoms with Gasteiger partial charge in [-0.2, -0.15) is 0 Å². The second-order valence-corrected chi connectivity index (χ2v) is 5.58. The van der Waals surface area contributed by atoms with E-state index in [1.54, 1.807) is 22.3 Å². The highest BCUT2D eigenvalue weighted by Crippen LogP contribution is 2.27. The standard InChI is InChI=1S/C14H15N5S/c1-10-7-8-20-14(10)11(2)16-12-3-5-13(6-4-12)19-9-15-17-18-19/h3-9,11,16H,1-2H3. The lowest BCUT2D eigenvalue weighted by Crippen LogP contribution is -2.06. The van der Waals surface area contributed by atoms with Crippen LogP contribution >= 0.6 is 11.3 Å². The van der Waals surface area contributed by atoms with E-state index in [1.807, 2.05) is 24.3 Å². The fourth-order valence-electron chi connectivity index (χ4n) is 2.13. The summed E-state index contributed by atoms with van der Waals surface area (Å²) in [6, 6.07) is 10.5. The number of nitrogens with one attached hydrogen (secondary N) is 1. The molecule has 5 nitrogen and oxygen atoms in total. The van der Waals surface area contributed by atoms with Crippen LogP contribution in [0.4, 0.5) is 5.69 Å². The van der Waals surface area contributed by atoms with E-state index in [4.69, 9.17) is 0 Å². The monoisotopic (exact) mass is 285 g/mol. The summed E-state index contributed by atoms with van der Waals surface area (Å²) in [4.78, 5) is 1.37. The Kier molecular flexibility index (Phi) is 3.47. The fourth-order valence-corrected chi connectivity index (χ4v) is 3.07. The summed E-state index contributed by atoms with van der Waals surface area (Å²) in [7, 11) is 0. The Morgan fingerprint density at radius 3 is 2.60 bits per heavy atom. The molecule has 1 aromatic carbocycles. The van der Waals surface area contributed by atoms with Gasteiger partial charge in [-0.1, -0.05) is 0 Å². The molecule has 3 rings (SSSR count). The van der Waals surface area contributed by atoms with E-state index in [2.05, 4.69) is 46.1 Å². The first-order valence-electron chi connectivity index (χ1n) is 6.38. The molecule has 0 aliphatic rings. The third-order valence-electron chi connectivity index (χ3n) is 3.16. The van der Waals surface area contributed by atoms with E-state index < -0.39 is 0 Å². The van der Waals surface area contributed by atoms with Crippen molar-refractivity contribution in [3.8, 4) is 5.69 Å². The van der Waals surface area contributed by atoms with Crippen molar-refractivity contribution < 1.29 is 0 Å². The van der Waals surface area contributed by atoms with Crippen LogP contribution in [0.3, 0.4) is 0 Å². The Balaban J connectivity index is 1.74. The van der Waals surface area contributed by atoms with E-state index in [-0.39, 0.29) is 0 Å². The molecule has 3 aromatic rings. The number of hydrogen-bond acceptors (Lipinski definition) is 5. The molecule has 0 spiro atoms. The summed E-state index contributed by atoms with van der Waals surface area (Å²) < 4.78 is 1.64. The Hall–Kier alpha value is -2.21. The molecule has 0 amide bonds. The molecule has 0 aliphatic heterocycles. The number of benzene rings is 1. The minimum Gasteiger partial charge on any atom is -0.378 e. The van der Waals surface area contributed by atoms with Crippen LogP contribution in [0.5, 0.6) is 0 Å². The third-order valence-corrected chi connectivity index (χ3v) is 4.36. The smallest absolute Gasteiger partial charge is 0.143 e. The molecule has 1 N–H and O–H groups in total. The molecule has 2 heterocycles. The first kappa shape index (κ1) is 12.8. The Morgan fingerprint density at radius 2 is 2.00 bits per heavy atom. The molecule has 102 valence electrons. The molecule has 6 heteroatoms. The lowest BCUT2D eigenvalue weighted by molar-refractivity contribution is 0.789. The van der Waals surface area contributed by atoms with Crippen LogP contribution in [0.2, 0.25) is 0 Å². The number of aromatic nitrogens is 4. The summed E-state index contributed by atoms with van der Waals surface area (Å²) in [5.41, 5.74) is 3.36. The van der Waals surface area contributed by atoms with Gasteiger partial charge in [0.05, 0.1) is 11.7 Å². The van der Waals surface area contributed by atoms with Gasteiger partial charge in [-0.25, -0.2) is 4.68 Å². The number of aryl methyl sites for hydroxylation is 1. The SMILES string of the molecule is Cc1ccsc1C(C)Nc1ccc(-n2cnnn2)cc1. The van der Waals surface area contributed by atoms with Gasteiger partial charge in [-0.3, -0.25) is 0 Å². The summed E-state index contributed by atoms with van der Waals surface area (Å²) in [5.74, 6) is 0. The number of anilines is 1. The minimum absolute atomic E-state index is 0.300. The van der Waals surface area contributed by atoms with Gasteiger partial charge in [0.15, 0.2) is 0 Å². The summed E-state index contributed by atoms with van der Waals surface area (Å²) >= 11 is 1.78. The summed E-state index contributed by atoms with van der Waals surface area (Å²) in [5, 5.41) is 16.8. The maximum atomic E-state index is 3.87. The molecule has 2 aromatic heterocycles. The highest BCUT2D eigenvalue weighted by atomic mass is 32.1. The van der Waals surface area contributed by atoms with E-state index in [1.165, 1.54) is 10.4 Å². The third kappa shape index (κ3) is 2.55. The van der Waals surface area contributed by atoms with Crippen molar-refractivity contribution in [3.05, 3.63) is 52.5 Å². The number of nitrogens with zero attached hydrogens (tertiary/aromatic N) is 4. The van der Waals surface area contributed by atoms with Gasteiger partial charge in [-0.15, -0.1) is 16.4 Å². The Bertz CT molecular complexity index is 672. The average molecular weight is 285 g/mol. The zero-order valence-corrected chi connectivity index (χ0v) is 12.1. The van der Waals surface area contributed by atoms with Gasteiger partial charge in [-0.05, 0) is 65.5 Å². The van der Waals surface area contributed by atoms with Crippen molar-refractivity contribution >= 4 is 17.0 Å². The van der Waals surface area contributed by atoms with Gasteiger partial charge < -0.3 is 5.32 Å². The summed E-state index contributed by atoms with van der Waals surface area (Å²) in [6.07, 6.45) is 1.58. The summed E-state index contributed by atoms with van der Waals surface area (Å²) in [6.45, 7) is 4.32. The fraction of sp³-hybridized carbons (Fsp3) is 0.214. The molecule has 1 unspecified atom stereocenters. The quantitative estimate of drug-likeness (QED) is 0.799. The predicted molar refractivity (Wildman–Crippen MR) is 80.2 cm³/mol. The number of tetrazole rings is 1. The van der Waals surface area contributed by atoms with Crippen molar-refractivity contribution in [2.75, 3.05) is 5.32 Å². The first-order chi connectivity index (χ1) is 9.74. The van der Waals surface area contributed by atoms with Crippen LogP contribution in [-0.2, 0) is 0 Å². The van der Waals surface area contributed by atoms with Crippen molar-refractivity contribution in [2.24, 2.45) is 0 Å². The molecule has 0 bridgehead atoms. The predicted octanol–water partition coefficient (Wildman–Crippen LogP) is 3.21. The molecule has 0 aliphatic carbocycles. The van der Waals surface area contributed by atoms with Crippen molar-refractivity contribution in [1.29, 1.82) is 0 Å². The lowest BCUT2D eigenvalue weighted by atomic mass is 10.2. The molecule has 20 heavy (non-hydrogen) atoms. The topological polar surface area (TPSA) is 55.6 Å². The number of rotatable bonds is 4. The lowest BCUT2D eigenvalue weighted by Gasteiger charge is -2.15. The maximum absolute atomic E-state index is 3.87. The van der Waals surface area contributed by atoms with Crippen LogP contribution in [0.25, 0.3) is 5.69 Å². The van der Waals surface area contributed by atoms with E-state index in [9.17, 15) is 0 Å². The van der Waals surface area contributed by atoms with Crippen molar-refractivity contribution in [2.45, 2.75) is 19.9 Å². The molecule has 1 atom stereocenters. The maximum Gasteiger partial charge on any atom is 0.143 e. The van der Waals surface area contributed by atoms with Crippen molar-refractivity contribution in [1.82, 2.24) is 20.2 Å². The van der Waals surface area contributed by atoms with Gasteiger partial charge in [0.2, 0.25) is 0 Å². The van der Waals surface area contributed by atoms with Crippen molar-refractivity contribution in [3.63, 3.8) is 0 Å². The largest absolute Gasteiger partial charge is 0.378 e. The van der Waals surface area contributed by atoms with Crippen LogP contribution in [0.15, 0.2) is 42.0 Å². The normalized spacial score (nSPS) is 12.3. The van der Waals surface area contributed by atoms with E-state index in [0.29, 0.717) is 6.04 Å². The number of hydrogen-bond donors (Lipinski definition) is 1. The minimum atomic E-state index is 0.300. The highest BCUT2D eigenvalue weighted by Gasteiger charge is 2.09. The van der Waals surface area contributed by atoms with E-state index in [0.717, 1.165) is 11.4 Å². The van der Waals surface area contributed by atoms with Crippen LogP contribution in [0.1, 0.15) is 23.4 Å². The van der Waals surface area contributed by atoms with Crippen LogP contribution < -0.4 is 5.32 Å². The molecule has 0 saturated carbocycles. The highest BCUT2D eigenvalue weighted by molar-refractivity contribution is 7.10. The van der Waals surface area contributed by atoms with Crippen LogP contribution in [-0.4, -0.2) is 20.2 Å². The average Bonchev–Trinajstić information content (AvgIpc) is 3.10. The number of thiophene rings is 1. The molecular weight excluding hydrogens is 270 g/mol.